The Labute approximate surface area is 137 Å². The summed E-state index contributed by atoms with van der Waals surface area (Å²) in [5, 5.41) is 7.50. The Balaban J connectivity index is 2.19. The standard InChI is InChI=1S/C18H26N4O/c1-12(2)18(5,11-19)20-17(23)15-6-8-16(9-7-15)22-14(4)10-13(3)21-22/h6-10,12H,11,19H2,1-5H3,(H,20,23). The Kier molecular flexibility index (Phi) is 4.90. The normalized spacial score (nSPS) is 13.9. The molecule has 124 valence electrons. The van der Waals surface area contributed by atoms with Crippen molar-refractivity contribution in [2.75, 3.05) is 6.54 Å². The van der Waals surface area contributed by atoms with E-state index < -0.39 is 5.54 Å². The third kappa shape index (κ3) is 3.62. The van der Waals surface area contributed by atoms with Crippen molar-refractivity contribution in [3.05, 3.63) is 47.3 Å². The van der Waals surface area contributed by atoms with Gasteiger partial charge in [-0.1, -0.05) is 13.8 Å². The van der Waals surface area contributed by atoms with Crippen molar-refractivity contribution in [1.29, 1.82) is 0 Å². The van der Waals surface area contributed by atoms with E-state index in [-0.39, 0.29) is 11.8 Å². The summed E-state index contributed by atoms with van der Waals surface area (Å²) in [6, 6.07) is 9.47. The van der Waals surface area contributed by atoms with Crippen molar-refractivity contribution in [3.8, 4) is 5.69 Å². The number of carbonyl (C=O) groups is 1. The van der Waals surface area contributed by atoms with E-state index in [9.17, 15) is 4.79 Å². The lowest BCUT2D eigenvalue weighted by atomic mass is 9.88. The third-order valence-corrected chi connectivity index (χ3v) is 4.48. The lowest BCUT2D eigenvalue weighted by Crippen LogP contribution is -2.55. The highest BCUT2D eigenvalue weighted by molar-refractivity contribution is 5.94. The first-order chi connectivity index (χ1) is 10.8. The smallest absolute Gasteiger partial charge is 0.251 e. The van der Waals surface area contributed by atoms with Crippen molar-refractivity contribution < 1.29 is 4.79 Å². The molecule has 1 heterocycles. The van der Waals surface area contributed by atoms with Gasteiger partial charge in [0.15, 0.2) is 0 Å². The molecule has 23 heavy (non-hydrogen) atoms. The van der Waals surface area contributed by atoms with Crippen LogP contribution in [0.4, 0.5) is 0 Å². The highest BCUT2D eigenvalue weighted by Crippen LogP contribution is 2.17. The second-order valence-electron chi connectivity index (χ2n) is 6.62. The van der Waals surface area contributed by atoms with Crippen LogP contribution in [0, 0.1) is 19.8 Å². The van der Waals surface area contributed by atoms with Gasteiger partial charge in [-0.25, -0.2) is 4.68 Å². The summed E-state index contributed by atoms with van der Waals surface area (Å²) in [4.78, 5) is 12.5. The molecule has 0 saturated heterocycles. The number of hydrogen-bond donors (Lipinski definition) is 2. The minimum atomic E-state index is -0.411. The maximum absolute atomic E-state index is 12.5. The van der Waals surface area contributed by atoms with Gasteiger partial charge in [0.25, 0.3) is 5.91 Å². The lowest BCUT2D eigenvalue weighted by molar-refractivity contribution is 0.0883. The zero-order valence-corrected chi connectivity index (χ0v) is 14.6. The van der Waals surface area contributed by atoms with Crippen molar-refractivity contribution in [2.45, 2.75) is 40.2 Å². The number of aryl methyl sites for hydroxylation is 2. The first-order valence-electron chi connectivity index (χ1n) is 7.93. The van der Waals surface area contributed by atoms with Crippen LogP contribution in [0.5, 0.6) is 0 Å². The fraction of sp³-hybridized carbons (Fsp3) is 0.444. The van der Waals surface area contributed by atoms with Crippen molar-refractivity contribution in [3.63, 3.8) is 0 Å². The molecule has 0 spiro atoms. The number of nitrogens with one attached hydrogen (secondary N) is 1. The molecule has 0 bridgehead atoms. The number of amides is 1. The summed E-state index contributed by atoms with van der Waals surface area (Å²) in [5.74, 6) is 0.150. The van der Waals surface area contributed by atoms with Crippen LogP contribution in [-0.4, -0.2) is 27.8 Å². The molecule has 1 aromatic carbocycles. The molecule has 0 aliphatic rings. The topological polar surface area (TPSA) is 72.9 Å². The highest BCUT2D eigenvalue weighted by atomic mass is 16.1. The van der Waals surface area contributed by atoms with Gasteiger partial charge in [-0.15, -0.1) is 0 Å². The van der Waals surface area contributed by atoms with Crippen LogP contribution < -0.4 is 11.1 Å². The van der Waals surface area contributed by atoms with Gasteiger partial charge in [-0.2, -0.15) is 5.10 Å². The zero-order chi connectivity index (χ0) is 17.2. The van der Waals surface area contributed by atoms with E-state index in [1.165, 1.54) is 0 Å². The van der Waals surface area contributed by atoms with E-state index in [1.807, 2.05) is 55.8 Å². The van der Waals surface area contributed by atoms with Crippen LogP contribution in [0.25, 0.3) is 5.69 Å². The molecule has 3 N–H and O–H groups in total. The fourth-order valence-corrected chi connectivity index (χ4v) is 2.41. The van der Waals surface area contributed by atoms with Crippen molar-refractivity contribution in [2.24, 2.45) is 11.7 Å². The number of hydrogen-bond acceptors (Lipinski definition) is 3. The van der Waals surface area contributed by atoms with Crippen LogP contribution in [0.15, 0.2) is 30.3 Å². The van der Waals surface area contributed by atoms with Gasteiger partial charge in [0.1, 0.15) is 0 Å². The van der Waals surface area contributed by atoms with Gasteiger partial charge in [-0.05, 0) is 57.0 Å². The average Bonchev–Trinajstić information content (AvgIpc) is 2.85. The molecule has 0 saturated carbocycles. The number of carbonyl (C=O) groups excluding carboxylic acids is 1. The summed E-state index contributed by atoms with van der Waals surface area (Å²) in [6.07, 6.45) is 0. The minimum absolute atomic E-state index is 0.105. The van der Waals surface area contributed by atoms with Crippen LogP contribution >= 0.6 is 0 Å². The molecule has 1 atom stereocenters. The van der Waals surface area contributed by atoms with Crippen molar-refractivity contribution >= 4 is 5.91 Å². The molecule has 1 amide bonds. The molecule has 1 aromatic heterocycles. The van der Waals surface area contributed by atoms with E-state index in [2.05, 4.69) is 24.3 Å². The molecule has 5 heteroatoms. The largest absolute Gasteiger partial charge is 0.345 e. The molecular formula is C18H26N4O. The van der Waals surface area contributed by atoms with Crippen LogP contribution in [0.1, 0.15) is 42.5 Å². The first-order valence-corrected chi connectivity index (χ1v) is 7.93. The van der Waals surface area contributed by atoms with E-state index in [0.717, 1.165) is 17.1 Å². The Hall–Kier alpha value is -2.14. The summed E-state index contributed by atoms with van der Waals surface area (Å²) < 4.78 is 1.87. The number of benzene rings is 1. The molecule has 2 aromatic rings. The molecule has 2 rings (SSSR count). The van der Waals surface area contributed by atoms with Crippen LogP contribution in [0.3, 0.4) is 0 Å². The molecule has 0 aliphatic heterocycles. The van der Waals surface area contributed by atoms with E-state index >= 15 is 0 Å². The Morgan fingerprint density at radius 1 is 1.30 bits per heavy atom. The van der Waals surface area contributed by atoms with E-state index in [1.54, 1.807) is 0 Å². The number of rotatable bonds is 5. The van der Waals surface area contributed by atoms with Gasteiger partial charge in [0.2, 0.25) is 0 Å². The van der Waals surface area contributed by atoms with Crippen LogP contribution in [-0.2, 0) is 0 Å². The Bertz CT molecular complexity index is 688. The highest BCUT2D eigenvalue weighted by Gasteiger charge is 2.28. The van der Waals surface area contributed by atoms with Crippen molar-refractivity contribution in [1.82, 2.24) is 15.1 Å². The molecule has 1 unspecified atom stereocenters. The predicted octanol–water partition coefficient (Wildman–Crippen LogP) is 2.59. The zero-order valence-electron chi connectivity index (χ0n) is 14.6. The average molecular weight is 314 g/mol. The minimum Gasteiger partial charge on any atom is -0.345 e. The molecule has 0 fully saturated rings. The van der Waals surface area contributed by atoms with Gasteiger partial charge in [-0.3, -0.25) is 4.79 Å². The van der Waals surface area contributed by atoms with Gasteiger partial charge in [0, 0.05) is 17.8 Å². The van der Waals surface area contributed by atoms with Gasteiger partial charge in [0.05, 0.1) is 16.9 Å². The SMILES string of the molecule is Cc1cc(C)n(-c2ccc(C(=O)NC(C)(CN)C(C)C)cc2)n1. The molecule has 0 aliphatic carbocycles. The third-order valence-electron chi connectivity index (χ3n) is 4.48. The van der Waals surface area contributed by atoms with Crippen LogP contribution in [0.2, 0.25) is 0 Å². The number of nitrogens with two attached hydrogens (primary N) is 1. The first kappa shape index (κ1) is 17.2. The monoisotopic (exact) mass is 314 g/mol. The molecule has 0 radical (unpaired) electrons. The van der Waals surface area contributed by atoms with Gasteiger partial charge >= 0.3 is 0 Å². The van der Waals surface area contributed by atoms with E-state index in [0.29, 0.717) is 12.1 Å². The summed E-state index contributed by atoms with van der Waals surface area (Å²) >= 11 is 0. The van der Waals surface area contributed by atoms with Gasteiger partial charge < -0.3 is 11.1 Å². The predicted molar refractivity (Wildman–Crippen MR) is 92.8 cm³/mol. The maximum atomic E-state index is 12.5. The second-order valence-corrected chi connectivity index (χ2v) is 6.62. The maximum Gasteiger partial charge on any atom is 0.251 e. The Morgan fingerprint density at radius 2 is 1.91 bits per heavy atom. The summed E-state index contributed by atoms with van der Waals surface area (Å²) in [5.41, 5.74) is 9.02. The number of nitrogens with zero attached hydrogens (tertiary/aromatic N) is 2. The summed E-state index contributed by atoms with van der Waals surface area (Å²) in [7, 11) is 0. The molecule has 5 nitrogen and oxygen atoms in total. The fourth-order valence-electron chi connectivity index (χ4n) is 2.41. The quantitative estimate of drug-likeness (QED) is 0.891. The van der Waals surface area contributed by atoms with E-state index in [4.69, 9.17) is 5.73 Å². The molecular weight excluding hydrogens is 288 g/mol. The Morgan fingerprint density at radius 3 is 2.35 bits per heavy atom. The number of aromatic nitrogens is 2. The summed E-state index contributed by atoms with van der Waals surface area (Å²) in [6.45, 7) is 10.5. The second kappa shape index (κ2) is 6.54. The lowest BCUT2D eigenvalue weighted by Gasteiger charge is -2.33.